The number of nitrogens with two attached hydrogens (primary N) is 1. The number of hydrogen-bond acceptors (Lipinski definition) is 4. The molecule has 7 heteroatoms. The lowest BCUT2D eigenvalue weighted by molar-refractivity contribution is -0.138. The van der Waals surface area contributed by atoms with Crippen LogP contribution in [-0.4, -0.2) is 39.4 Å². The Hall–Kier alpha value is -4.23. The standard InChI is InChI=1S/C30H32N4O3/c1-20(2)27(19-32-29(35)24-9-7-21(8-10-24)17-28(31)30(36)37)23-13-11-22(12-14-23)25-5-3-6-26(18-25)34-16-4-15-33-34/h3-16,18,20,27-28H,17,19,31H2,1-2H3,(H,32,35)(H,36,37)/t27-,28?/m1/s1. The van der Waals surface area contributed by atoms with E-state index >= 15 is 0 Å². The predicted molar refractivity (Wildman–Crippen MR) is 145 cm³/mol. The molecule has 2 atom stereocenters. The smallest absolute Gasteiger partial charge is 0.320 e. The van der Waals surface area contributed by atoms with Crippen molar-refractivity contribution in [2.75, 3.05) is 6.54 Å². The fraction of sp³-hybridized carbons (Fsp3) is 0.233. The number of benzene rings is 3. The summed E-state index contributed by atoms with van der Waals surface area (Å²) in [5.74, 6) is -0.723. The molecule has 0 bridgehead atoms. The number of carboxylic acids is 1. The summed E-state index contributed by atoms with van der Waals surface area (Å²) in [6.45, 7) is 4.81. The lowest BCUT2D eigenvalue weighted by Gasteiger charge is -2.22. The maximum Gasteiger partial charge on any atom is 0.320 e. The number of carboxylic acid groups (broad SMARTS) is 1. The molecule has 1 heterocycles. The van der Waals surface area contributed by atoms with E-state index in [-0.39, 0.29) is 18.2 Å². The number of aliphatic carboxylic acids is 1. The van der Waals surface area contributed by atoms with Gasteiger partial charge in [0.2, 0.25) is 0 Å². The number of nitrogens with one attached hydrogen (secondary N) is 1. The van der Waals surface area contributed by atoms with Gasteiger partial charge < -0.3 is 16.2 Å². The van der Waals surface area contributed by atoms with Crippen LogP contribution in [-0.2, 0) is 11.2 Å². The summed E-state index contributed by atoms with van der Waals surface area (Å²) in [7, 11) is 0. The number of rotatable bonds is 10. The van der Waals surface area contributed by atoms with Gasteiger partial charge in [0.25, 0.3) is 5.91 Å². The molecular formula is C30H32N4O3. The van der Waals surface area contributed by atoms with Crippen LogP contribution in [0.15, 0.2) is 91.3 Å². The summed E-state index contributed by atoms with van der Waals surface area (Å²) in [5, 5.41) is 16.3. The molecule has 1 unspecified atom stereocenters. The van der Waals surface area contributed by atoms with Gasteiger partial charge in [-0.2, -0.15) is 5.10 Å². The molecule has 0 fully saturated rings. The molecule has 1 aromatic heterocycles. The van der Waals surface area contributed by atoms with Crippen LogP contribution in [0, 0.1) is 5.92 Å². The lowest BCUT2D eigenvalue weighted by Crippen LogP contribution is -2.32. The second-order valence-corrected chi connectivity index (χ2v) is 9.53. The average Bonchev–Trinajstić information content (AvgIpc) is 3.44. The molecule has 0 radical (unpaired) electrons. The first kappa shape index (κ1) is 25.9. The zero-order chi connectivity index (χ0) is 26.4. The Morgan fingerprint density at radius 1 is 0.973 bits per heavy atom. The molecule has 0 aliphatic carbocycles. The van der Waals surface area contributed by atoms with Gasteiger partial charge >= 0.3 is 5.97 Å². The fourth-order valence-corrected chi connectivity index (χ4v) is 4.35. The van der Waals surface area contributed by atoms with E-state index in [1.54, 1.807) is 30.5 Å². The second kappa shape index (κ2) is 11.7. The zero-order valence-corrected chi connectivity index (χ0v) is 21.0. The number of carbonyl (C=O) groups is 2. The third-order valence-electron chi connectivity index (χ3n) is 6.56. The zero-order valence-electron chi connectivity index (χ0n) is 21.0. The van der Waals surface area contributed by atoms with E-state index in [0.717, 1.165) is 22.4 Å². The molecule has 3 aromatic carbocycles. The highest BCUT2D eigenvalue weighted by Gasteiger charge is 2.18. The van der Waals surface area contributed by atoms with Crippen LogP contribution >= 0.6 is 0 Å². The monoisotopic (exact) mass is 496 g/mol. The van der Waals surface area contributed by atoms with Crippen molar-refractivity contribution < 1.29 is 14.7 Å². The predicted octanol–water partition coefficient (Wildman–Crippen LogP) is 4.66. The molecule has 4 aromatic rings. The minimum absolute atomic E-state index is 0.154. The highest BCUT2D eigenvalue weighted by atomic mass is 16.4. The maximum atomic E-state index is 12.8. The number of nitrogens with zero attached hydrogens (tertiary/aromatic N) is 2. The van der Waals surface area contributed by atoms with Crippen LogP contribution in [0.4, 0.5) is 0 Å². The number of amides is 1. The van der Waals surface area contributed by atoms with Crippen LogP contribution in [0.1, 0.15) is 41.3 Å². The molecule has 1 amide bonds. The molecule has 0 aliphatic rings. The molecule has 0 saturated carbocycles. The Bertz CT molecular complexity index is 1330. The van der Waals surface area contributed by atoms with Crippen molar-refractivity contribution in [3.8, 4) is 16.8 Å². The molecule has 4 rings (SSSR count). The molecule has 7 nitrogen and oxygen atoms in total. The van der Waals surface area contributed by atoms with Crippen molar-refractivity contribution in [3.63, 3.8) is 0 Å². The summed E-state index contributed by atoms with van der Waals surface area (Å²) >= 11 is 0. The summed E-state index contributed by atoms with van der Waals surface area (Å²) in [5.41, 5.74) is 11.3. The van der Waals surface area contributed by atoms with Crippen LogP contribution < -0.4 is 11.1 Å². The highest BCUT2D eigenvalue weighted by Crippen LogP contribution is 2.28. The number of carbonyl (C=O) groups excluding carboxylic acids is 1. The van der Waals surface area contributed by atoms with Crippen LogP contribution in [0.2, 0.25) is 0 Å². The molecule has 0 spiro atoms. The van der Waals surface area contributed by atoms with Crippen molar-refractivity contribution in [1.82, 2.24) is 15.1 Å². The van der Waals surface area contributed by atoms with Gasteiger partial charge in [0, 0.05) is 30.4 Å². The van der Waals surface area contributed by atoms with E-state index in [1.807, 2.05) is 29.1 Å². The molecule has 37 heavy (non-hydrogen) atoms. The minimum Gasteiger partial charge on any atom is -0.480 e. The van der Waals surface area contributed by atoms with Crippen molar-refractivity contribution in [1.29, 1.82) is 0 Å². The van der Waals surface area contributed by atoms with Crippen molar-refractivity contribution >= 4 is 11.9 Å². The first-order valence-corrected chi connectivity index (χ1v) is 12.4. The van der Waals surface area contributed by atoms with Crippen LogP contribution in [0.3, 0.4) is 0 Å². The van der Waals surface area contributed by atoms with Gasteiger partial charge in [0.15, 0.2) is 0 Å². The summed E-state index contributed by atoms with van der Waals surface area (Å²) in [6, 6.07) is 24.6. The quantitative estimate of drug-likeness (QED) is 0.296. The SMILES string of the molecule is CC(C)[C@@H](CNC(=O)c1ccc(CC(N)C(=O)O)cc1)c1ccc(-c2cccc(-n3cccn3)c2)cc1. The van der Waals surface area contributed by atoms with Gasteiger partial charge in [-0.15, -0.1) is 0 Å². The van der Waals surface area contributed by atoms with Crippen LogP contribution in [0.5, 0.6) is 0 Å². The Balaban J connectivity index is 1.41. The lowest BCUT2D eigenvalue weighted by atomic mass is 9.87. The summed E-state index contributed by atoms with van der Waals surface area (Å²) in [4.78, 5) is 23.7. The van der Waals surface area contributed by atoms with Gasteiger partial charge in [-0.05, 0) is 64.9 Å². The van der Waals surface area contributed by atoms with E-state index in [0.29, 0.717) is 18.0 Å². The maximum absolute atomic E-state index is 12.8. The molecule has 4 N–H and O–H groups in total. The van der Waals surface area contributed by atoms with Crippen molar-refractivity contribution in [2.45, 2.75) is 32.2 Å². The fourth-order valence-electron chi connectivity index (χ4n) is 4.35. The first-order chi connectivity index (χ1) is 17.8. The molecule has 0 aliphatic heterocycles. The molecule has 190 valence electrons. The van der Waals surface area contributed by atoms with Gasteiger partial charge in [-0.25, -0.2) is 4.68 Å². The molecular weight excluding hydrogens is 464 g/mol. The minimum atomic E-state index is -1.04. The van der Waals surface area contributed by atoms with E-state index in [4.69, 9.17) is 10.8 Å². The van der Waals surface area contributed by atoms with Gasteiger partial charge in [-0.3, -0.25) is 9.59 Å². The van der Waals surface area contributed by atoms with Gasteiger partial charge in [0.05, 0.1) is 5.69 Å². The third kappa shape index (κ3) is 6.51. The third-order valence-corrected chi connectivity index (χ3v) is 6.56. The van der Waals surface area contributed by atoms with E-state index in [2.05, 4.69) is 60.7 Å². The summed E-state index contributed by atoms with van der Waals surface area (Å²) in [6.07, 6.45) is 3.91. The van der Waals surface area contributed by atoms with E-state index in [1.165, 1.54) is 5.56 Å². The van der Waals surface area contributed by atoms with Crippen molar-refractivity contribution in [3.05, 3.63) is 108 Å². The van der Waals surface area contributed by atoms with E-state index < -0.39 is 12.0 Å². The Labute approximate surface area is 217 Å². The van der Waals surface area contributed by atoms with Crippen molar-refractivity contribution in [2.24, 2.45) is 11.7 Å². The van der Waals surface area contributed by atoms with Gasteiger partial charge in [-0.1, -0.05) is 62.4 Å². The van der Waals surface area contributed by atoms with Gasteiger partial charge in [0.1, 0.15) is 6.04 Å². The molecule has 0 saturated heterocycles. The normalized spacial score (nSPS) is 12.8. The summed E-state index contributed by atoms with van der Waals surface area (Å²) < 4.78 is 1.84. The first-order valence-electron chi connectivity index (χ1n) is 12.4. The number of hydrogen-bond donors (Lipinski definition) is 3. The number of aromatic nitrogens is 2. The Morgan fingerprint density at radius 2 is 1.70 bits per heavy atom. The second-order valence-electron chi connectivity index (χ2n) is 9.53. The van der Waals surface area contributed by atoms with Crippen LogP contribution in [0.25, 0.3) is 16.8 Å². The Kier molecular flexibility index (Phi) is 8.15. The average molecular weight is 497 g/mol. The van der Waals surface area contributed by atoms with E-state index in [9.17, 15) is 9.59 Å². The Morgan fingerprint density at radius 3 is 2.32 bits per heavy atom. The highest BCUT2D eigenvalue weighted by molar-refractivity contribution is 5.94. The largest absolute Gasteiger partial charge is 0.480 e. The topological polar surface area (TPSA) is 110 Å².